The van der Waals surface area contributed by atoms with Gasteiger partial charge in [0, 0.05) is 6.20 Å². The van der Waals surface area contributed by atoms with Crippen molar-refractivity contribution in [2.24, 2.45) is 5.73 Å². The summed E-state index contributed by atoms with van der Waals surface area (Å²) in [5, 5.41) is 0. The predicted octanol–water partition coefficient (Wildman–Crippen LogP) is 1.29. The van der Waals surface area contributed by atoms with Gasteiger partial charge in [0.05, 0.1) is 6.61 Å². The van der Waals surface area contributed by atoms with Crippen LogP contribution in [-0.2, 0) is 0 Å². The molecule has 1 heterocycles. The van der Waals surface area contributed by atoms with Crippen LogP contribution in [0.15, 0.2) is 12.3 Å². The molecule has 0 aliphatic carbocycles. The third-order valence-corrected chi connectivity index (χ3v) is 1.82. The van der Waals surface area contributed by atoms with E-state index in [1.54, 1.807) is 12.3 Å². The molecule has 2 N–H and O–H groups in total. The van der Waals surface area contributed by atoms with Gasteiger partial charge in [-0.1, -0.05) is 25.6 Å². The molecule has 1 aromatic heterocycles. The maximum Gasteiger partial charge on any atom is 0.316 e. The van der Waals surface area contributed by atoms with Crippen LogP contribution < -0.4 is 10.5 Å². The van der Waals surface area contributed by atoms with Crippen LogP contribution in [0.1, 0.15) is 25.5 Å². The van der Waals surface area contributed by atoms with Gasteiger partial charge in [-0.25, -0.2) is 4.98 Å². The van der Waals surface area contributed by atoms with Gasteiger partial charge in [0.1, 0.15) is 10.7 Å². The van der Waals surface area contributed by atoms with Crippen molar-refractivity contribution in [1.82, 2.24) is 9.97 Å². The number of hydrogen-bond acceptors (Lipinski definition) is 4. The molecule has 14 heavy (non-hydrogen) atoms. The fraction of sp³-hybridized carbons (Fsp3) is 0.444. The van der Waals surface area contributed by atoms with Crippen molar-refractivity contribution in [2.75, 3.05) is 6.61 Å². The highest BCUT2D eigenvalue weighted by Gasteiger charge is 2.01. The summed E-state index contributed by atoms with van der Waals surface area (Å²) in [6.45, 7) is 2.72. The summed E-state index contributed by atoms with van der Waals surface area (Å²) in [7, 11) is 0. The lowest BCUT2D eigenvalue weighted by Crippen LogP contribution is -2.12. The first-order chi connectivity index (χ1) is 6.74. The SMILES string of the molecule is CCCCOc1nccc(C(N)=S)n1. The smallest absolute Gasteiger partial charge is 0.316 e. The number of unbranched alkanes of at least 4 members (excludes halogenated alkanes) is 1. The molecule has 4 nitrogen and oxygen atoms in total. The summed E-state index contributed by atoms with van der Waals surface area (Å²) < 4.78 is 5.30. The average molecular weight is 211 g/mol. The number of thiocarbonyl (C=S) groups is 1. The number of nitrogens with zero attached hydrogens (tertiary/aromatic N) is 2. The Morgan fingerprint density at radius 1 is 1.64 bits per heavy atom. The van der Waals surface area contributed by atoms with Crippen LogP contribution in [0.5, 0.6) is 6.01 Å². The average Bonchev–Trinajstić information content (AvgIpc) is 2.19. The first-order valence-corrected chi connectivity index (χ1v) is 4.90. The van der Waals surface area contributed by atoms with Gasteiger partial charge in [-0.2, -0.15) is 4.98 Å². The second-order valence-corrected chi connectivity index (χ2v) is 3.23. The molecule has 0 fully saturated rings. The maximum absolute atomic E-state index is 5.42. The second-order valence-electron chi connectivity index (χ2n) is 2.79. The third kappa shape index (κ3) is 3.26. The van der Waals surface area contributed by atoms with Crippen LogP contribution in [0.25, 0.3) is 0 Å². The Balaban J connectivity index is 2.59. The molecule has 76 valence electrons. The van der Waals surface area contributed by atoms with E-state index in [2.05, 4.69) is 16.9 Å². The Bertz CT molecular complexity index is 317. The van der Waals surface area contributed by atoms with Gasteiger partial charge < -0.3 is 10.5 Å². The van der Waals surface area contributed by atoms with E-state index in [4.69, 9.17) is 22.7 Å². The van der Waals surface area contributed by atoms with E-state index in [0.29, 0.717) is 18.3 Å². The summed E-state index contributed by atoms with van der Waals surface area (Å²) >= 11 is 4.79. The second kappa shape index (κ2) is 5.49. The maximum atomic E-state index is 5.42. The molecule has 0 saturated heterocycles. The highest BCUT2D eigenvalue weighted by atomic mass is 32.1. The van der Waals surface area contributed by atoms with Crippen molar-refractivity contribution in [3.63, 3.8) is 0 Å². The van der Waals surface area contributed by atoms with Crippen molar-refractivity contribution < 1.29 is 4.74 Å². The molecule has 0 unspecified atom stereocenters. The lowest BCUT2D eigenvalue weighted by molar-refractivity contribution is 0.285. The molecular weight excluding hydrogens is 198 g/mol. The van der Waals surface area contributed by atoms with Crippen LogP contribution in [0, 0.1) is 0 Å². The van der Waals surface area contributed by atoms with Gasteiger partial charge in [0.15, 0.2) is 0 Å². The number of rotatable bonds is 5. The Hall–Kier alpha value is -1.23. The standard InChI is InChI=1S/C9H13N3OS/c1-2-3-6-13-9-11-5-4-7(12-9)8(10)14/h4-5H,2-3,6H2,1H3,(H2,10,14). The molecular formula is C9H13N3OS. The molecule has 0 spiro atoms. The van der Waals surface area contributed by atoms with Crippen molar-refractivity contribution in [1.29, 1.82) is 0 Å². The van der Waals surface area contributed by atoms with E-state index >= 15 is 0 Å². The van der Waals surface area contributed by atoms with Crippen LogP contribution in [0.4, 0.5) is 0 Å². The molecule has 0 amide bonds. The quantitative estimate of drug-likeness (QED) is 0.587. The third-order valence-electron chi connectivity index (χ3n) is 1.61. The highest BCUT2D eigenvalue weighted by molar-refractivity contribution is 7.80. The van der Waals surface area contributed by atoms with Crippen LogP contribution in [0.3, 0.4) is 0 Å². The van der Waals surface area contributed by atoms with Crippen molar-refractivity contribution >= 4 is 17.2 Å². The molecule has 1 rings (SSSR count). The lowest BCUT2D eigenvalue weighted by atomic mass is 10.4. The summed E-state index contributed by atoms with van der Waals surface area (Å²) in [4.78, 5) is 8.25. The van der Waals surface area contributed by atoms with E-state index in [0.717, 1.165) is 12.8 Å². The zero-order chi connectivity index (χ0) is 10.4. The molecule has 0 aliphatic rings. The van der Waals surface area contributed by atoms with Gasteiger partial charge in [-0.3, -0.25) is 0 Å². The zero-order valence-electron chi connectivity index (χ0n) is 8.06. The molecule has 5 heteroatoms. The first-order valence-electron chi connectivity index (χ1n) is 4.49. The fourth-order valence-corrected chi connectivity index (χ4v) is 0.969. The van der Waals surface area contributed by atoms with Gasteiger partial charge in [-0.15, -0.1) is 0 Å². The minimum Gasteiger partial charge on any atom is -0.463 e. The van der Waals surface area contributed by atoms with E-state index < -0.39 is 0 Å². The monoisotopic (exact) mass is 211 g/mol. The molecule has 0 bridgehead atoms. The van der Waals surface area contributed by atoms with Crippen LogP contribution in [-0.4, -0.2) is 21.6 Å². The summed E-state index contributed by atoms with van der Waals surface area (Å²) in [5.41, 5.74) is 5.97. The zero-order valence-corrected chi connectivity index (χ0v) is 8.88. The first kappa shape index (κ1) is 10.8. The number of aromatic nitrogens is 2. The number of nitrogens with two attached hydrogens (primary N) is 1. The van der Waals surface area contributed by atoms with Crippen molar-refractivity contribution in [2.45, 2.75) is 19.8 Å². The van der Waals surface area contributed by atoms with Crippen molar-refractivity contribution in [3.8, 4) is 6.01 Å². The summed E-state index contributed by atoms with van der Waals surface area (Å²) in [6, 6.07) is 2.00. The predicted molar refractivity (Wildman–Crippen MR) is 58.3 cm³/mol. The molecule has 0 aromatic carbocycles. The lowest BCUT2D eigenvalue weighted by Gasteiger charge is -2.03. The molecule has 1 aromatic rings. The number of ether oxygens (including phenoxy) is 1. The van der Waals surface area contributed by atoms with Gasteiger partial charge in [-0.05, 0) is 12.5 Å². The molecule has 0 aliphatic heterocycles. The summed E-state index contributed by atoms with van der Waals surface area (Å²) in [6.07, 6.45) is 3.65. The van der Waals surface area contributed by atoms with E-state index in [9.17, 15) is 0 Å². The van der Waals surface area contributed by atoms with Crippen LogP contribution in [0.2, 0.25) is 0 Å². The van der Waals surface area contributed by atoms with Gasteiger partial charge >= 0.3 is 6.01 Å². The van der Waals surface area contributed by atoms with Crippen LogP contribution >= 0.6 is 12.2 Å². The Labute approximate surface area is 88.5 Å². The van der Waals surface area contributed by atoms with E-state index in [1.807, 2.05) is 0 Å². The Morgan fingerprint density at radius 2 is 2.43 bits per heavy atom. The summed E-state index contributed by atoms with van der Waals surface area (Å²) in [5.74, 6) is 0. The Morgan fingerprint density at radius 3 is 3.07 bits per heavy atom. The fourth-order valence-electron chi connectivity index (χ4n) is 0.855. The minimum atomic E-state index is 0.257. The van der Waals surface area contributed by atoms with Gasteiger partial charge in [0.25, 0.3) is 0 Å². The van der Waals surface area contributed by atoms with E-state index in [1.165, 1.54) is 0 Å². The molecule has 0 saturated carbocycles. The topological polar surface area (TPSA) is 61.0 Å². The number of hydrogen-bond donors (Lipinski definition) is 1. The Kier molecular flexibility index (Phi) is 4.25. The molecule has 0 atom stereocenters. The molecule has 0 radical (unpaired) electrons. The van der Waals surface area contributed by atoms with E-state index in [-0.39, 0.29) is 4.99 Å². The largest absolute Gasteiger partial charge is 0.463 e. The highest BCUT2D eigenvalue weighted by Crippen LogP contribution is 2.03. The normalized spacial score (nSPS) is 9.79. The van der Waals surface area contributed by atoms with Gasteiger partial charge in [0.2, 0.25) is 0 Å². The minimum absolute atomic E-state index is 0.257. The van der Waals surface area contributed by atoms with Crippen molar-refractivity contribution in [3.05, 3.63) is 18.0 Å².